The summed E-state index contributed by atoms with van der Waals surface area (Å²) in [6.45, 7) is 6.40. The Hall–Kier alpha value is -2.22. The van der Waals surface area contributed by atoms with Crippen LogP contribution in [0.4, 0.5) is 18.9 Å². The lowest BCUT2D eigenvalue weighted by molar-refractivity contribution is -0.137. The minimum atomic E-state index is -4.57. The van der Waals surface area contributed by atoms with Gasteiger partial charge >= 0.3 is 6.18 Å². The van der Waals surface area contributed by atoms with Crippen molar-refractivity contribution in [3.63, 3.8) is 0 Å². The lowest BCUT2D eigenvalue weighted by Gasteiger charge is -2.31. The number of halogens is 3. The first-order chi connectivity index (χ1) is 12.9. The van der Waals surface area contributed by atoms with Gasteiger partial charge in [0.05, 0.1) is 16.5 Å². The Labute approximate surface area is 164 Å². The van der Waals surface area contributed by atoms with Crippen LogP contribution in [0.5, 0.6) is 5.75 Å². The van der Waals surface area contributed by atoms with Crippen molar-refractivity contribution < 1.29 is 26.3 Å². The van der Waals surface area contributed by atoms with Gasteiger partial charge in [0.15, 0.2) is 0 Å². The van der Waals surface area contributed by atoms with E-state index in [1.165, 1.54) is 13.8 Å². The smallest absolute Gasteiger partial charge is 0.416 e. The van der Waals surface area contributed by atoms with E-state index >= 15 is 0 Å². The predicted molar refractivity (Wildman–Crippen MR) is 104 cm³/mol. The number of ether oxygens (including phenoxy) is 1. The molecule has 0 bridgehead atoms. The number of alkyl halides is 3. The molecular formula is C20H24F3NO3S. The van der Waals surface area contributed by atoms with Crippen LogP contribution in [0.15, 0.2) is 48.5 Å². The maximum atomic E-state index is 13.2. The molecule has 0 aliphatic carbocycles. The third kappa shape index (κ3) is 4.98. The molecule has 0 heterocycles. The molecule has 0 saturated carbocycles. The SMILES string of the molecule is CC(C)N(c1ccc(C(F)(F)F)cc1OCc1ccccc1)S(=O)(=O)C(C)C. The van der Waals surface area contributed by atoms with E-state index in [1.54, 1.807) is 38.1 Å². The molecule has 0 aliphatic heterocycles. The molecule has 2 aromatic rings. The lowest BCUT2D eigenvalue weighted by atomic mass is 10.1. The first-order valence-electron chi connectivity index (χ1n) is 8.85. The van der Waals surface area contributed by atoms with Gasteiger partial charge in [-0.15, -0.1) is 0 Å². The summed E-state index contributed by atoms with van der Waals surface area (Å²) >= 11 is 0. The van der Waals surface area contributed by atoms with E-state index in [0.717, 1.165) is 28.1 Å². The molecule has 0 amide bonds. The van der Waals surface area contributed by atoms with Crippen molar-refractivity contribution in [1.29, 1.82) is 0 Å². The number of nitrogens with zero attached hydrogens (tertiary/aromatic N) is 1. The second kappa shape index (κ2) is 8.43. The van der Waals surface area contributed by atoms with Gasteiger partial charge in [-0.3, -0.25) is 4.31 Å². The number of hydrogen-bond donors (Lipinski definition) is 0. The number of benzene rings is 2. The fraction of sp³-hybridized carbons (Fsp3) is 0.400. The van der Waals surface area contributed by atoms with Gasteiger partial charge in [-0.2, -0.15) is 13.2 Å². The zero-order chi connectivity index (χ0) is 21.1. The highest BCUT2D eigenvalue weighted by molar-refractivity contribution is 7.93. The van der Waals surface area contributed by atoms with Crippen molar-refractivity contribution >= 4 is 15.7 Å². The highest BCUT2D eigenvalue weighted by Gasteiger charge is 2.35. The average Bonchev–Trinajstić information content (AvgIpc) is 2.60. The minimum Gasteiger partial charge on any atom is -0.487 e. The zero-order valence-electron chi connectivity index (χ0n) is 16.2. The van der Waals surface area contributed by atoms with Gasteiger partial charge in [-0.1, -0.05) is 30.3 Å². The van der Waals surface area contributed by atoms with Crippen molar-refractivity contribution in [3.8, 4) is 5.75 Å². The number of rotatable bonds is 7. The van der Waals surface area contributed by atoms with Gasteiger partial charge in [0.2, 0.25) is 10.0 Å². The van der Waals surface area contributed by atoms with E-state index in [4.69, 9.17) is 4.74 Å². The molecule has 0 saturated heterocycles. The molecule has 0 N–H and O–H groups in total. The number of sulfonamides is 1. The van der Waals surface area contributed by atoms with Crippen LogP contribution in [0.1, 0.15) is 38.8 Å². The van der Waals surface area contributed by atoms with Gasteiger partial charge in [0, 0.05) is 6.04 Å². The second-order valence-corrected chi connectivity index (χ2v) is 9.30. The minimum absolute atomic E-state index is 0.0167. The first-order valence-corrected chi connectivity index (χ1v) is 10.4. The molecule has 0 spiro atoms. The third-order valence-corrected chi connectivity index (χ3v) is 6.46. The topological polar surface area (TPSA) is 46.6 Å². The van der Waals surface area contributed by atoms with Crippen molar-refractivity contribution in [3.05, 3.63) is 59.7 Å². The summed E-state index contributed by atoms with van der Waals surface area (Å²) < 4.78 is 72.0. The molecule has 0 radical (unpaired) electrons. The normalized spacial score (nSPS) is 12.5. The molecule has 154 valence electrons. The van der Waals surface area contributed by atoms with Crippen LogP contribution in [0.25, 0.3) is 0 Å². The summed E-state index contributed by atoms with van der Waals surface area (Å²) in [6, 6.07) is 11.3. The van der Waals surface area contributed by atoms with Crippen LogP contribution >= 0.6 is 0 Å². The molecule has 4 nitrogen and oxygen atoms in total. The highest BCUT2D eigenvalue weighted by atomic mass is 32.2. The van der Waals surface area contributed by atoms with Crippen LogP contribution in [-0.4, -0.2) is 19.7 Å². The fourth-order valence-corrected chi connectivity index (χ4v) is 4.13. The molecule has 8 heteroatoms. The quantitative estimate of drug-likeness (QED) is 0.622. The Morgan fingerprint density at radius 2 is 1.61 bits per heavy atom. The zero-order valence-corrected chi connectivity index (χ0v) is 17.0. The molecule has 0 aromatic heterocycles. The van der Waals surface area contributed by atoms with E-state index in [0.29, 0.717) is 0 Å². The Balaban J connectivity index is 2.55. The van der Waals surface area contributed by atoms with Gasteiger partial charge in [0.25, 0.3) is 0 Å². The standard InChI is InChI=1S/C20H24F3NO3S/c1-14(2)24(28(25,26)15(3)4)18-11-10-17(20(21,22)23)12-19(18)27-13-16-8-6-5-7-9-16/h5-12,14-15H,13H2,1-4H3. The van der Waals surface area contributed by atoms with Crippen LogP contribution < -0.4 is 9.04 Å². The van der Waals surface area contributed by atoms with E-state index in [9.17, 15) is 21.6 Å². The summed E-state index contributed by atoms with van der Waals surface area (Å²) in [6.07, 6.45) is -4.57. The molecule has 2 rings (SSSR count). The first kappa shape index (κ1) is 22.1. The average molecular weight is 415 g/mol. The maximum Gasteiger partial charge on any atom is 0.416 e. The summed E-state index contributed by atoms with van der Waals surface area (Å²) in [7, 11) is -3.77. The van der Waals surface area contributed by atoms with Crippen LogP contribution in [0.3, 0.4) is 0 Å². The van der Waals surface area contributed by atoms with Gasteiger partial charge in [-0.25, -0.2) is 8.42 Å². The lowest BCUT2D eigenvalue weighted by Crippen LogP contribution is -2.41. The van der Waals surface area contributed by atoms with Gasteiger partial charge in [0.1, 0.15) is 12.4 Å². The summed E-state index contributed by atoms with van der Waals surface area (Å²) in [5.74, 6) is -0.128. The van der Waals surface area contributed by atoms with E-state index in [-0.39, 0.29) is 18.0 Å². The predicted octanol–water partition coefficient (Wildman–Crippen LogP) is 5.24. The van der Waals surface area contributed by atoms with E-state index in [2.05, 4.69) is 0 Å². The second-order valence-electron chi connectivity index (χ2n) is 6.94. The van der Waals surface area contributed by atoms with E-state index < -0.39 is 33.1 Å². The largest absolute Gasteiger partial charge is 0.487 e. The summed E-state index contributed by atoms with van der Waals surface area (Å²) in [4.78, 5) is 0. The molecule has 2 aromatic carbocycles. The molecule has 0 fully saturated rings. The van der Waals surface area contributed by atoms with Crippen molar-refractivity contribution in [2.24, 2.45) is 0 Å². The van der Waals surface area contributed by atoms with Crippen LogP contribution in [-0.2, 0) is 22.8 Å². The van der Waals surface area contributed by atoms with Crippen molar-refractivity contribution in [2.45, 2.75) is 51.8 Å². The van der Waals surface area contributed by atoms with Crippen molar-refractivity contribution in [1.82, 2.24) is 0 Å². The molecule has 0 atom stereocenters. The van der Waals surface area contributed by atoms with Gasteiger partial charge < -0.3 is 4.74 Å². The Bertz CT molecular complexity index is 895. The molecule has 0 unspecified atom stereocenters. The highest BCUT2D eigenvalue weighted by Crippen LogP contribution is 2.39. The van der Waals surface area contributed by atoms with Crippen LogP contribution in [0, 0.1) is 0 Å². The maximum absolute atomic E-state index is 13.2. The Kier molecular flexibility index (Phi) is 6.64. The van der Waals surface area contributed by atoms with E-state index in [1.807, 2.05) is 6.07 Å². The monoisotopic (exact) mass is 415 g/mol. The summed E-state index contributed by atoms with van der Waals surface area (Å²) in [5.41, 5.74) is -0.0498. The molecule has 0 aliphatic rings. The molecular weight excluding hydrogens is 391 g/mol. The Morgan fingerprint density at radius 1 is 1.00 bits per heavy atom. The van der Waals surface area contributed by atoms with Crippen molar-refractivity contribution in [2.75, 3.05) is 4.31 Å². The summed E-state index contributed by atoms with van der Waals surface area (Å²) in [5, 5.41) is -0.737. The Morgan fingerprint density at radius 3 is 2.11 bits per heavy atom. The molecule has 28 heavy (non-hydrogen) atoms. The number of hydrogen-bond acceptors (Lipinski definition) is 3. The third-order valence-electron chi connectivity index (χ3n) is 4.10. The van der Waals surface area contributed by atoms with Crippen LogP contribution in [0.2, 0.25) is 0 Å². The number of anilines is 1. The van der Waals surface area contributed by atoms with Gasteiger partial charge in [-0.05, 0) is 51.5 Å². The fourth-order valence-electron chi connectivity index (χ4n) is 2.66.